The van der Waals surface area contributed by atoms with Crippen molar-refractivity contribution in [3.8, 4) is 0 Å². The van der Waals surface area contributed by atoms with Crippen LogP contribution in [0.2, 0.25) is 5.02 Å². The molecule has 0 aliphatic carbocycles. The number of benzene rings is 2. The molecule has 0 amide bonds. The number of nitro groups is 1. The molecule has 0 atom stereocenters. The van der Waals surface area contributed by atoms with E-state index in [1.54, 1.807) is 12.1 Å². The number of hydrogen-bond acceptors (Lipinski definition) is 3. The molecule has 2 aromatic carbocycles. The van der Waals surface area contributed by atoms with Gasteiger partial charge in [0.2, 0.25) is 0 Å². The zero-order valence-electron chi connectivity index (χ0n) is 10.1. The molecule has 20 heavy (non-hydrogen) atoms. The highest BCUT2D eigenvalue weighted by molar-refractivity contribution is 9.11. The Bertz CT molecular complexity index is 645. The van der Waals surface area contributed by atoms with Crippen molar-refractivity contribution in [3.63, 3.8) is 0 Å². The Balaban J connectivity index is 2.30. The van der Waals surface area contributed by atoms with Gasteiger partial charge in [-0.25, -0.2) is 0 Å². The molecule has 0 saturated carbocycles. The molecule has 104 valence electrons. The number of hydrogen-bond donors (Lipinski definition) is 1. The fourth-order valence-electron chi connectivity index (χ4n) is 1.74. The maximum Gasteiger partial charge on any atom is 0.275 e. The van der Waals surface area contributed by atoms with Gasteiger partial charge in [-0.15, -0.1) is 0 Å². The number of para-hydroxylation sites is 1. The van der Waals surface area contributed by atoms with Crippen LogP contribution in [0.5, 0.6) is 0 Å². The highest BCUT2D eigenvalue weighted by Gasteiger charge is 2.16. The molecular formula is C13H9Br2ClN2O2. The first kappa shape index (κ1) is 15.3. The fourth-order valence-corrected chi connectivity index (χ4v) is 3.25. The summed E-state index contributed by atoms with van der Waals surface area (Å²) < 4.78 is 1.73. The fraction of sp³-hybridized carbons (Fsp3) is 0.0769. The minimum atomic E-state index is -0.433. The number of nitrogens with one attached hydrogen (secondary N) is 1. The third-order valence-electron chi connectivity index (χ3n) is 2.70. The molecule has 0 aromatic heterocycles. The Kier molecular flexibility index (Phi) is 5.01. The first-order valence-corrected chi connectivity index (χ1v) is 7.56. The van der Waals surface area contributed by atoms with Crippen molar-refractivity contribution < 1.29 is 4.92 Å². The predicted molar refractivity (Wildman–Crippen MR) is 87.3 cm³/mol. The summed E-state index contributed by atoms with van der Waals surface area (Å²) in [6.07, 6.45) is 0. The molecule has 0 heterocycles. The molecule has 2 aromatic rings. The topological polar surface area (TPSA) is 55.2 Å². The van der Waals surface area contributed by atoms with Crippen LogP contribution in [-0.4, -0.2) is 4.92 Å². The molecule has 0 radical (unpaired) electrons. The molecular weight excluding hydrogens is 411 g/mol. The van der Waals surface area contributed by atoms with Gasteiger partial charge in [-0.05, 0) is 50.1 Å². The molecule has 0 unspecified atom stereocenters. The summed E-state index contributed by atoms with van der Waals surface area (Å²) >= 11 is 12.9. The number of nitro benzene ring substituents is 1. The molecule has 0 aliphatic heterocycles. The molecule has 0 spiro atoms. The molecule has 0 bridgehead atoms. The van der Waals surface area contributed by atoms with Crippen molar-refractivity contribution in [3.05, 3.63) is 66.0 Å². The average molecular weight is 420 g/mol. The highest BCUT2D eigenvalue weighted by atomic mass is 79.9. The van der Waals surface area contributed by atoms with Crippen LogP contribution in [-0.2, 0) is 6.54 Å². The smallest absolute Gasteiger partial charge is 0.275 e. The van der Waals surface area contributed by atoms with Crippen LogP contribution in [0.1, 0.15) is 5.56 Å². The largest absolute Gasteiger partial charge is 0.379 e. The lowest BCUT2D eigenvalue weighted by molar-refractivity contribution is -0.385. The van der Waals surface area contributed by atoms with E-state index in [0.717, 1.165) is 14.6 Å². The second-order valence-electron chi connectivity index (χ2n) is 3.94. The van der Waals surface area contributed by atoms with Crippen molar-refractivity contribution in [2.75, 3.05) is 5.32 Å². The standard InChI is InChI=1S/C13H9Br2ClN2O2/c14-9-3-1-4-10(15)13(9)17-7-8-11(16)5-2-6-12(8)18(19)20/h1-6,17H,7H2. The molecule has 4 nitrogen and oxygen atoms in total. The van der Waals surface area contributed by atoms with Gasteiger partial charge in [0.05, 0.1) is 21.2 Å². The Hall–Kier alpha value is -1.11. The van der Waals surface area contributed by atoms with Gasteiger partial charge in [-0.2, -0.15) is 0 Å². The third-order valence-corrected chi connectivity index (χ3v) is 4.37. The minimum Gasteiger partial charge on any atom is -0.379 e. The van der Waals surface area contributed by atoms with Crippen molar-refractivity contribution in [2.24, 2.45) is 0 Å². The van der Waals surface area contributed by atoms with Crippen LogP contribution >= 0.6 is 43.5 Å². The van der Waals surface area contributed by atoms with Gasteiger partial charge in [0.25, 0.3) is 5.69 Å². The van der Waals surface area contributed by atoms with Gasteiger partial charge >= 0.3 is 0 Å². The minimum absolute atomic E-state index is 0.00757. The van der Waals surface area contributed by atoms with E-state index in [9.17, 15) is 10.1 Å². The molecule has 2 rings (SSSR count). The first-order chi connectivity index (χ1) is 9.50. The third kappa shape index (κ3) is 3.31. The maximum absolute atomic E-state index is 11.0. The second kappa shape index (κ2) is 6.56. The monoisotopic (exact) mass is 418 g/mol. The Labute approximate surface area is 137 Å². The van der Waals surface area contributed by atoms with Gasteiger partial charge < -0.3 is 5.32 Å². The van der Waals surface area contributed by atoms with E-state index >= 15 is 0 Å². The molecule has 0 saturated heterocycles. The molecule has 7 heteroatoms. The summed E-state index contributed by atoms with van der Waals surface area (Å²) in [4.78, 5) is 10.6. The first-order valence-electron chi connectivity index (χ1n) is 5.60. The van der Waals surface area contributed by atoms with Gasteiger partial charge in [-0.3, -0.25) is 10.1 Å². The number of nitrogens with zero attached hydrogens (tertiary/aromatic N) is 1. The van der Waals surface area contributed by atoms with Crippen LogP contribution in [0.4, 0.5) is 11.4 Å². The van der Waals surface area contributed by atoms with E-state index in [2.05, 4.69) is 37.2 Å². The van der Waals surface area contributed by atoms with Crippen molar-refractivity contribution in [1.82, 2.24) is 0 Å². The summed E-state index contributed by atoms with van der Waals surface area (Å²) in [6.45, 7) is 0.261. The van der Waals surface area contributed by atoms with E-state index in [4.69, 9.17) is 11.6 Å². The quantitative estimate of drug-likeness (QED) is 0.533. The lowest BCUT2D eigenvalue weighted by Gasteiger charge is -2.11. The van der Waals surface area contributed by atoms with E-state index in [-0.39, 0.29) is 12.2 Å². The zero-order valence-corrected chi connectivity index (χ0v) is 14.0. The number of rotatable bonds is 4. The number of anilines is 1. The van der Waals surface area contributed by atoms with Crippen LogP contribution in [0.3, 0.4) is 0 Å². The molecule has 0 aliphatic rings. The molecule has 0 fully saturated rings. The normalized spacial score (nSPS) is 10.3. The summed E-state index contributed by atoms with van der Waals surface area (Å²) in [5, 5.41) is 14.5. The summed E-state index contributed by atoms with van der Waals surface area (Å²) in [5.74, 6) is 0. The van der Waals surface area contributed by atoms with Gasteiger partial charge in [0.15, 0.2) is 0 Å². The predicted octanol–water partition coefficient (Wildman–Crippen LogP) is 5.39. The van der Waals surface area contributed by atoms with Gasteiger partial charge in [0.1, 0.15) is 0 Å². The van der Waals surface area contributed by atoms with E-state index in [1.165, 1.54) is 6.07 Å². The Morgan fingerprint density at radius 1 is 1.15 bits per heavy atom. The Morgan fingerprint density at radius 3 is 2.35 bits per heavy atom. The number of halogens is 3. The molecule has 1 N–H and O–H groups in total. The summed E-state index contributed by atoms with van der Waals surface area (Å²) in [6, 6.07) is 10.3. The zero-order chi connectivity index (χ0) is 14.7. The van der Waals surface area contributed by atoms with Crippen molar-refractivity contribution in [2.45, 2.75) is 6.54 Å². The van der Waals surface area contributed by atoms with Crippen molar-refractivity contribution in [1.29, 1.82) is 0 Å². The lowest BCUT2D eigenvalue weighted by Crippen LogP contribution is -2.04. The van der Waals surface area contributed by atoms with E-state index < -0.39 is 4.92 Å². The van der Waals surface area contributed by atoms with Crippen LogP contribution in [0, 0.1) is 10.1 Å². The maximum atomic E-state index is 11.0. The highest BCUT2D eigenvalue weighted by Crippen LogP contribution is 2.33. The lowest BCUT2D eigenvalue weighted by atomic mass is 10.1. The van der Waals surface area contributed by atoms with Gasteiger partial charge in [0, 0.05) is 21.6 Å². The summed E-state index contributed by atoms with van der Waals surface area (Å²) in [5.41, 5.74) is 1.29. The average Bonchev–Trinajstić information content (AvgIpc) is 2.39. The Morgan fingerprint density at radius 2 is 1.75 bits per heavy atom. The van der Waals surface area contributed by atoms with E-state index in [1.807, 2.05) is 18.2 Å². The van der Waals surface area contributed by atoms with E-state index in [0.29, 0.717) is 10.6 Å². The SMILES string of the molecule is O=[N+]([O-])c1cccc(Cl)c1CNc1c(Br)cccc1Br. The van der Waals surface area contributed by atoms with Crippen molar-refractivity contribution >= 4 is 54.8 Å². The summed E-state index contributed by atoms with van der Waals surface area (Å²) in [7, 11) is 0. The van der Waals surface area contributed by atoms with Crippen LogP contribution in [0.15, 0.2) is 45.3 Å². The van der Waals surface area contributed by atoms with Crippen LogP contribution in [0.25, 0.3) is 0 Å². The van der Waals surface area contributed by atoms with Crippen LogP contribution < -0.4 is 5.32 Å². The van der Waals surface area contributed by atoms with Gasteiger partial charge in [-0.1, -0.05) is 23.7 Å². The second-order valence-corrected chi connectivity index (χ2v) is 6.06.